The first-order chi connectivity index (χ1) is 12.5. The van der Waals surface area contributed by atoms with Crippen LogP contribution in [-0.4, -0.2) is 42.9 Å². The molecule has 0 spiro atoms. The molecule has 142 valence electrons. The maximum absolute atomic E-state index is 12.5. The number of nitrogens with zero attached hydrogens (tertiary/aromatic N) is 2. The van der Waals surface area contributed by atoms with Crippen LogP contribution < -0.4 is 10.2 Å². The molecule has 2 saturated heterocycles. The number of piperidine rings is 1. The lowest BCUT2D eigenvalue weighted by Crippen LogP contribution is -2.30. The molecule has 1 aromatic carbocycles. The molecule has 2 fully saturated rings. The number of benzene rings is 1. The lowest BCUT2D eigenvalue weighted by atomic mass is 10.1. The van der Waals surface area contributed by atoms with Crippen molar-refractivity contribution in [1.29, 1.82) is 0 Å². The number of anilines is 2. The number of likely N-dealkylation sites (tertiary alicyclic amines) is 1. The molecule has 5 nitrogen and oxygen atoms in total. The van der Waals surface area contributed by atoms with Crippen LogP contribution in [0.5, 0.6) is 0 Å². The van der Waals surface area contributed by atoms with Crippen molar-refractivity contribution in [2.24, 2.45) is 11.8 Å². The Bertz CT molecular complexity index is 621. The molecule has 1 atom stereocenters. The van der Waals surface area contributed by atoms with Gasteiger partial charge < -0.3 is 15.1 Å². The van der Waals surface area contributed by atoms with Gasteiger partial charge in [0, 0.05) is 44.0 Å². The summed E-state index contributed by atoms with van der Waals surface area (Å²) in [5, 5.41) is 2.98. The van der Waals surface area contributed by atoms with Crippen LogP contribution in [0, 0.1) is 11.8 Å². The highest BCUT2D eigenvalue weighted by Gasteiger charge is 2.34. The normalized spacial score (nSPS) is 20.7. The molecule has 0 aromatic heterocycles. The third kappa shape index (κ3) is 4.77. The lowest BCUT2D eigenvalue weighted by Gasteiger charge is -2.28. The van der Waals surface area contributed by atoms with Crippen molar-refractivity contribution in [2.75, 3.05) is 36.4 Å². The summed E-state index contributed by atoms with van der Waals surface area (Å²) in [4.78, 5) is 28.9. The van der Waals surface area contributed by atoms with E-state index >= 15 is 0 Å². The van der Waals surface area contributed by atoms with Crippen molar-refractivity contribution in [1.82, 2.24) is 4.90 Å². The average molecular weight is 357 g/mol. The summed E-state index contributed by atoms with van der Waals surface area (Å²) in [5.41, 5.74) is 2.03. The van der Waals surface area contributed by atoms with E-state index < -0.39 is 0 Å². The third-order valence-corrected chi connectivity index (χ3v) is 5.42. The number of carbonyl (C=O) groups excluding carboxylic acids is 2. The summed E-state index contributed by atoms with van der Waals surface area (Å²) in [7, 11) is 0. The van der Waals surface area contributed by atoms with E-state index in [0.717, 1.165) is 31.7 Å². The Labute approximate surface area is 156 Å². The number of rotatable bonds is 6. The van der Waals surface area contributed by atoms with Gasteiger partial charge in [-0.05, 0) is 55.9 Å². The first kappa shape index (κ1) is 18.7. The molecule has 3 rings (SSSR count). The summed E-state index contributed by atoms with van der Waals surface area (Å²) in [6.45, 7) is 7.83. The van der Waals surface area contributed by atoms with E-state index in [1.807, 2.05) is 17.0 Å². The van der Waals surface area contributed by atoms with Crippen LogP contribution in [0.3, 0.4) is 0 Å². The Morgan fingerprint density at radius 2 is 1.85 bits per heavy atom. The van der Waals surface area contributed by atoms with Gasteiger partial charge in [-0.1, -0.05) is 13.8 Å². The van der Waals surface area contributed by atoms with Crippen LogP contribution in [0.2, 0.25) is 0 Å². The van der Waals surface area contributed by atoms with Crippen molar-refractivity contribution in [3.63, 3.8) is 0 Å². The van der Waals surface area contributed by atoms with Crippen LogP contribution in [0.25, 0.3) is 0 Å². The SMILES string of the molecule is CC(C)CCN1CC(C(=O)Nc2ccc(N3CCCCC3)cc2)CC1=O. The molecule has 2 heterocycles. The van der Waals surface area contributed by atoms with E-state index in [-0.39, 0.29) is 17.7 Å². The monoisotopic (exact) mass is 357 g/mol. The van der Waals surface area contributed by atoms with Crippen LogP contribution in [0.1, 0.15) is 46.0 Å². The van der Waals surface area contributed by atoms with Crippen molar-refractivity contribution >= 4 is 23.2 Å². The Morgan fingerprint density at radius 1 is 1.15 bits per heavy atom. The molecular formula is C21H31N3O2. The van der Waals surface area contributed by atoms with Gasteiger partial charge in [-0.2, -0.15) is 0 Å². The third-order valence-electron chi connectivity index (χ3n) is 5.42. The molecule has 26 heavy (non-hydrogen) atoms. The van der Waals surface area contributed by atoms with E-state index in [4.69, 9.17) is 0 Å². The van der Waals surface area contributed by atoms with Gasteiger partial charge in [-0.25, -0.2) is 0 Å². The highest BCUT2D eigenvalue weighted by Crippen LogP contribution is 2.24. The largest absolute Gasteiger partial charge is 0.372 e. The molecule has 0 bridgehead atoms. The minimum absolute atomic E-state index is 0.0453. The lowest BCUT2D eigenvalue weighted by molar-refractivity contribution is -0.128. The van der Waals surface area contributed by atoms with Crippen LogP contribution >= 0.6 is 0 Å². The first-order valence-electron chi connectivity index (χ1n) is 9.96. The van der Waals surface area contributed by atoms with Crippen LogP contribution in [-0.2, 0) is 9.59 Å². The quantitative estimate of drug-likeness (QED) is 0.848. The van der Waals surface area contributed by atoms with Crippen molar-refractivity contribution < 1.29 is 9.59 Å². The van der Waals surface area contributed by atoms with Gasteiger partial charge in [-0.3, -0.25) is 9.59 Å². The van der Waals surface area contributed by atoms with Crippen LogP contribution in [0.4, 0.5) is 11.4 Å². The van der Waals surface area contributed by atoms with E-state index in [9.17, 15) is 9.59 Å². The minimum atomic E-state index is -0.239. The molecule has 1 unspecified atom stereocenters. The second kappa shape index (κ2) is 8.56. The second-order valence-electron chi connectivity index (χ2n) is 8.01. The van der Waals surface area contributed by atoms with E-state index in [0.29, 0.717) is 18.9 Å². The second-order valence-corrected chi connectivity index (χ2v) is 8.01. The topological polar surface area (TPSA) is 52.7 Å². The van der Waals surface area contributed by atoms with Crippen molar-refractivity contribution in [3.8, 4) is 0 Å². The van der Waals surface area contributed by atoms with E-state index in [1.54, 1.807) is 0 Å². The summed E-state index contributed by atoms with van der Waals surface area (Å²) in [5.74, 6) is 0.382. The smallest absolute Gasteiger partial charge is 0.229 e. The number of amides is 2. The predicted octanol–water partition coefficient (Wildman–Crippen LogP) is 3.51. The zero-order valence-corrected chi connectivity index (χ0v) is 16.0. The minimum Gasteiger partial charge on any atom is -0.372 e. The summed E-state index contributed by atoms with van der Waals surface area (Å²) >= 11 is 0. The number of hydrogen-bond acceptors (Lipinski definition) is 3. The molecule has 0 radical (unpaired) electrons. The fraction of sp³-hybridized carbons (Fsp3) is 0.619. The fourth-order valence-corrected chi connectivity index (χ4v) is 3.73. The summed E-state index contributed by atoms with van der Waals surface area (Å²) < 4.78 is 0. The molecule has 1 N–H and O–H groups in total. The highest BCUT2D eigenvalue weighted by molar-refractivity contribution is 5.97. The van der Waals surface area contributed by atoms with Crippen LogP contribution in [0.15, 0.2) is 24.3 Å². The predicted molar refractivity (Wildman–Crippen MR) is 105 cm³/mol. The summed E-state index contributed by atoms with van der Waals surface area (Å²) in [6.07, 6.45) is 5.13. The van der Waals surface area contributed by atoms with Gasteiger partial charge in [0.1, 0.15) is 0 Å². The van der Waals surface area contributed by atoms with E-state index in [1.165, 1.54) is 24.9 Å². The van der Waals surface area contributed by atoms with Crippen molar-refractivity contribution in [3.05, 3.63) is 24.3 Å². The zero-order chi connectivity index (χ0) is 18.5. The Kier molecular flexibility index (Phi) is 6.17. The van der Waals surface area contributed by atoms with Gasteiger partial charge in [0.15, 0.2) is 0 Å². The molecule has 2 amide bonds. The molecule has 1 aromatic rings. The highest BCUT2D eigenvalue weighted by atomic mass is 16.2. The number of hydrogen-bond donors (Lipinski definition) is 1. The van der Waals surface area contributed by atoms with E-state index in [2.05, 4.69) is 36.2 Å². The van der Waals surface area contributed by atoms with Gasteiger partial charge in [-0.15, -0.1) is 0 Å². The maximum Gasteiger partial charge on any atom is 0.229 e. The molecule has 2 aliphatic heterocycles. The molecular weight excluding hydrogens is 326 g/mol. The first-order valence-corrected chi connectivity index (χ1v) is 9.96. The molecule has 0 saturated carbocycles. The maximum atomic E-state index is 12.5. The standard InChI is InChI=1S/C21H31N3O2/c1-16(2)10-13-24-15-17(14-20(24)25)21(26)22-18-6-8-19(9-7-18)23-11-4-3-5-12-23/h6-9,16-17H,3-5,10-15H2,1-2H3,(H,22,26). The number of nitrogens with one attached hydrogen (secondary N) is 1. The Hall–Kier alpha value is -2.04. The average Bonchev–Trinajstić information content (AvgIpc) is 3.02. The van der Waals surface area contributed by atoms with Crippen molar-refractivity contribution in [2.45, 2.75) is 46.0 Å². The van der Waals surface area contributed by atoms with Gasteiger partial charge in [0.25, 0.3) is 0 Å². The van der Waals surface area contributed by atoms with Gasteiger partial charge in [0.05, 0.1) is 5.92 Å². The van der Waals surface area contributed by atoms with Gasteiger partial charge in [0.2, 0.25) is 11.8 Å². The fourth-order valence-electron chi connectivity index (χ4n) is 3.73. The number of carbonyl (C=O) groups is 2. The summed E-state index contributed by atoms with van der Waals surface area (Å²) in [6, 6.07) is 8.09. The molecule has 2 aliphatic rings. The molecule has 5 heteroatoms. The Balaban J connectivity index is 1.52. The zero-order valence-electron chi connectivity index (χ0n) is 16.0. The Morgan fingerprint density at radius 3 is 2.50 bits per heavy atom. The van der Waals surface area contributed by atoms with Gasteiger partial charge >= 0.3 is 0 Å². The molecule has 0 aliphatic carbocycles.